The largest absolute Gasteiger partial charge is 0.283 e. The number of hydrogen-bond donors (Lipinski definition) is 1. The van der Waals surface area contributed by atoms with Crippen LogP contribution in [-0.2, 0) is 0 Å². The van der Waals surface area contributed by atoms with Gasteiger partial charge in [0.05, 0.1) is 22.8 Å². The van der Waals surface area contributed by atoms with Crippen LogP contribution in [0, 0.1) is 0 Å². The highest BCUT2D eigenvalue weighted by Gasteiger charge is 2.16. The molecule has 0 spiro atoms. The summed E-state index contributed by atoms with van der Waals surface area (Å²) in [5.41, 5.74) is 9.57. The average molecular weight is 379 g/mol. The maximum Gasteiger partial charge on any atom is 0.116 e. The van der Waals surface area contributed by atoms with Gasteiger partial charge < -0.3 is 0 Å². The first-order valence-corrected chi connectivity index (χ1v) is 9.56. The van der Waals surface area contributed by atoms with E-state index in [1.807, 2.05) is 79.7 Å². The Kier molecular flexibility index (Phi) is 5.67. The van der Waals surface area contributed by atoms with Crippen molar-refractivity contribution in [1.29, 1.82) is 0 Å². The van der Waals surface area contributed by atoms with Crippen molar-refractivity contribution in [2.24, 2.45) is 20.3 Å². The highest BCUT2D eigenvalue weighted by molar-refractivity contribution is 6.54. The van der Waals surface area contributed by atoms with Crippen LogP contribution in [0.5, 0.6) is 0 Å². The van der Waals surface area contributed by atoms with Crippen LogP contribution in [0.25, 0.3) is 6.08 Å². The van der Waals surface area contributed by atoms with Crippen LogP contribution in [-0.4, -0.2) is 18.0 Å². The van der Waals surface area contributed by atoms with E-state index in [1.54, 1.807) is 0 Å². The van der Waals surface area contributed by atoms with E-state index in [0.717, 1.165) is 39.6 Å². The minimum absolute atomic E-state index is 0.710. The number of rotatable bonds is 5. The molecule has 0 unspecified atom stereocenters. The zero-order valence-corrected chi connectivity index (χ0v) is 16.2. The van der Waals surface area contributed by atoms with Crippen molar-refractivity contribution in [3.8, 4) is 0 Å². The number of benzene rings is 3. The van der Waals surface area contributed by atoms with Gasteiger partial charge >= 0.3 is 0 Å². The predicted octanol–water partition coefficient (Wildman–Crippen LogP) is 6.41. The summed E-state index contributed by atoms with van der Waals surface area (Å²) in [5, 5.41) is 13.2. The van der Waals surface area contributed by atoms with Crippen LogP contribution in [0.1, 0.15) is 18.1 Å². The number of nitrogens with zero attached hydrogens (tertiary/aromatic N) is 4. The molecule has 1 aliphatic carbocycles. The summed E-state index contributed by atoms with van der Waals surface area (Å²) >= 11 is 0. The summed E-state index contributed by atoms with van der Waals surface area (Å²) in [7, 11) is 0. The van der Waals surface area contributed by atoms with Gasteiger partial charge in [0.2, 0.25) is 0 Å². The SMILES string of the molecule is CC/N=C1/C=Cc2ccccc2/C1=N\Nc1ccc(/N=N/c2ccccc2)cc1. The van der Waals surface area contributed by atoms with Gasteiger partial charge in [-0.3, -0.25) is 10.4 Å². The number of fused-ring (bicyclic) bond motifs is 1. The van der Waals surface area contributed by atoms with Gasteiger partial charge in [-0.05, 0) is 55.0 Å². The molecule has 0 atom stereocenters. The molecule has 1 N–H and O–H groups in total. The number of hydrogen-bond acceptors (Lipinski definition) is 5. The number of allylic oxidation sites excluding steroid dienone is 1. The molecule has 3 aromatic carbocycles. The molecular weight excluding hydrogens is 358 g/mol. The second-order valence-electron chi connectivity index (χ2n) is 6.43. The molecule has 0 aromatic heterocycles. The third-order valence-electron chi connectivity index (χ3n) is 4.41. The van der Waals surface area contributed by atoms with Crippen LogP contribution in [0.15, 0.2) is 105 Å². The van der Waals surface area contributed by atoms with Crippen molar-refractivity contribution in [2.45, 2.75) is 6.92 Å². The number of anilines is 1. The third-order valence-corrected chi connectivity index (χ3v) is 4.41. The first-order valence-electron chi connectivity index (χ1n) is 9.56. The van der Waals surface area contributed by atoms with Crippen LogP contribution in [0.2, 0.25) is 0 Å². The van der Waals surface area contributed by atoms with Crippen molar-refractivity contribution in [2.75, 3.05) is 12.0 Å². The second kappa shape index (κ2) is 8.89. The van der Waals surface area contributed by atoms with Crippen LogP contribution < -0.4 is 5.43 Å². The van der Waals surface area contributed by atoms with E-state index in [4.69, 9.17) is 0 Å². The topological polar surface area (TPSA) is 61.5 Å². The molecule has 142 valence electrons. The van der Waals surface area contributed by atoms with E-state index in [9.17, 15) is 0 Å². The van der Waals surface area contributed by atoms with Gasteiger partial charge in [0.25, 0.3) is 0 Å². The van der Waals surface area contributed by atoms with Crippen molar-refractivity contribution >= 4 is 34.6 Å². The quantitative estimate of drug-likeness (QED) is 0.404. The Bertz CT molecular complexity index is 1090. The Morgan fingerprint density at radius 2 is 1.41 bits per heavy atom. The Morgan fingerprint density at radius 1 is 0.724 bits per heavy atom. The molecule has 0 radical (unpaired) electrons. The third kappa shape index (κ3) is 4.52. The molecule has 0 saturated heterocycles. The van der Waals surface area contributed by atoms with Gasteiger partial charge in [-0.15, -0.1) is 0 Å². The van der Waals surface area contributed by atoms with Gasteiger partial charge in [-0.2, -0.15) is 15.3 Å². The molecule has 29 heavy (non-hydrogen) atoms. The lowest BCUT2D eigenvalue weighted by atomic mass is 9.94. The van der Waals surface area contributed by atoms with Crippen LogP contribution in [0.3, 0.4) is 0 Å². The van der Waals surface area contributed by atoms with Gasteiger partial charge in [0, 0.05) is 12.1 Å². The summed E-state index contributed by atoms with van der Waals surface area (Å²) in [6, 6.07) is 25.5. The van der Waals surface area contributed by atoms with Crippen LogP contribution in [0.4, 0.5) is 17.1 Å². The standard InChI is InChI=1S/C24H21N5/c1-2-25-23-17-12-18-8-6-7-11-22(18)24(23)29-28-21-15-13-20(14-16-21)27-26-19-9-4-3-5-10-19/h3-17,28H,2H2,1H3/b25-23-,27-26+,29-24+. The molecule has 5 nitrogen and oxygen atoms in total. The molecule has 0 aliphatic heterocycles. The summed E-state index contributed by atoms with van der Waals surface area (Å²) in [4.78, 5) is 4.58. The Balaban J connectivity index is 1.53. The lowest BCUT2D eigenvalue weighted by Gasteiger charge is -2.15. The van der Waals surface area contributed by atoms with Crippen molar-refractivity contribution in [3.63, 3.8) is 0 Å². The fraction of sp³-hybridized carbons (Fsp3) is 0.0833. The van der Waals surface area contributed by atoms with E-state index in [2.05, 4.69) is 44.0 Å². The zero-order valence-electron chi connectivity index (χ0n) is 16.2. The monoisotopic (exact) mass is 379 g/mol. The molecule has 5 heteroatoms. The lowest BCUT2D eigenvalue weighted by Crippen LogP contribution is -2.20. The van der Waals surface area contributed by atoms with Gasteiger partial charge in [-0.25, -0.2) is 0 Å². The molecule has 0 amide bonds. The summed E-state index contributed by atoms with van der Waals surface area (Å²) in [6.45, 7) is 2.73. The normalized spacial score (nSPS) is 15.8. The molecule has 0 saturated carbocycles. The fourth-order valence-corrected chi connectivity index (χ4v) is 2.99. The molecular formula is C24H21N5. The highest BCUT2D eigenvalue weighted by atomic mass is 15.3. The number of nitrogens with one attached hydrogen (secondary N) is 1. The second-order valence-corrected chi connectivity index (χ2v) is 6.43. The fourth-order valence-electron chi connectivity index (χ4n) is 2.99. The molecule has 1 aliphatic rings. The van der Waals surface area contributed by atoms with Gasteiger partial charge in [0.1, 0.15) is 5.71 Å². The van der Waals surface area contributed by atoms with Crippen molar-refractivity contribution in [1.82, 2.24) is 0 Å². The summed E-state index contributed by atoms with van der Waals surface area (Å²) in [6.07, 6.45) is 4.09. The number of aliphatic imine (C=N–C) groups is 1. The molecule has 0 bridgehead atoms. The highest BCUT2D eigenvalue weighted by Crippen LogP contribution is 2.22. The summed E-state index contributed by atoms with van der Waals surface area (Å²) < 4.78 is 0. The smallest absolute Gasteiger partial charge is 0.116 e. The Morgan fingerprint density at radius 3 is 2.17 bits per heavy atom. The average Bonchev–Trinajstić information content (AvgIpc) is 2.78. The first-order chi connectivity index (χ1) is 14.3. The van der Waals surface area contributed by atoms with E-state index in [1.165, 1.54) is 0 Å². The molecule has 0 fully saturated rings. The number of azo groups is 1. The summed E-state index contributed by atoms with van der Waals surface area (Å²) in [5.74, 6) is 0. The van der Waals surface area contributed by atoms with Crippen molar-refractivity contribution < 1.29 is 0 Å². The van der Waals surface area contributed by atoms with E-state index in [-0.39, 0.29) is 0 Å². The van der Waals surface area contributed by atoms with Gasteiger partial charge in [-0.1, -0.05) is 48.5 Å². The molecule has 4 rings (SSSR count). The first kappa shape index (κ1) is 18.5. The van der Waals surface area contributed by atoms with Crippen LogP contribution >= 0.6 is 0 Å². The predicted molar refractivity (Wildman–Crippen MR) is 121 cm³/mol. The van der Waals surface area contributed by atoms with Crippen molar-refractivity contribution in [3.05, 3.63) is 96.1 Å². The van der Waals surface area contributed by atoms with Gasteiger partial charge in [0.15, 0.2) is 0 Å². The van der Waals surface area contributed by atoms with E-state index >= 15 is 0 Å². The van der Waals surface area contributed by atoms with E-state index in [0.29, 0.717) is 6.54 Å². The lowest BCUT2D eigenvalue weighted by molar-refractivity contribution is 1.13. The maximum absolute atomic E-state index is 4.65. The minimum atomic E-state index is 0.710. The maximum atomic E-state index is 4.65. The molecule has 3 aromatic rings. The minimum Gasteiger partial charge on any atom is -0.283 e. The Labute approximate surface area is 170 Å². The number of hydrazone groups is 1. The Hall–Kier alpha value is -3.86. The van der Waals surface area contributed by atoms with E-state index < -0.39 is 0 Å². The zero-order chi connectivity index (χ0) is 19.9. The molecule has 0 heterocycles.